The van der Waals surface area contributed by atoms with Gasteiger partial charge in [-0.05, 0) is 24.5 Å². The van der Waals surface area contributed by atoms with E-state index in [4.69, 9.17) is 9.84 Å². The van der Waals surface area contributed by atoms with Gasteiger partial charge in [-0.25, -0.2) is 0 Å². The number of carboxylic acid groups (broad SMARTS) is 1. The summed E-state index contributed by atoms with van der Waals surface area (Å²) >= 11 is 0. The zero-order valence-corrected chi connectivity index (χ0v) is 13.1. The highest BCUT2D eigenvalue weighted by Gasteiger charge is 2.04. The van der Waals surface area contributed by atoms with Gasteiger partial charge in [-0.2, -0.15) is 0 Å². The van der Waals surface area contributed by atoms with E-state index in [0.29, 0.717) is 0 Å². The maximum absolute atomic E-state index is 10.5. The van der Waals surface area contributed by atoms with Crippen LogP contribution in [0, 0.1) is 0 Å². The van der Waals surface area contributed by atoms with Gasteiger partial charge < -0.3 is 9.84 Å². The highest BCUT2D eigenvalue weighted by molar-refractivity contribution is 5.66. The van der Waals surface area contributed by atoms with Crippen molar-refractivity contribution in [3.63, 3.8) is 0 Å². The Balaban J connectivity index is 2.25. The Hall–Kier alpha value is -1.51. The molecule has 1 aromatic rings. The number of ether oxygens (including phenoxy) is 1. The van der Waals surface area contributed by atoms with Crippen molar-refractivity contribution < 1.29 is 14.6 Å². The average molecular weight is 292 g/mol. The van der Waals surface area contributed by atoms with E-state index in [-0.39, 0.29) is 13.0 Å². The molecule has 0 spiro atoms. The topological polar surface area (TPSA) is 46.5 Å². The number of unbranched alkanes of at least 4 members (excludes halogenated alkanes) is 6. The molecular formula is C18H28O3. The van der Waals surface area contributed by atoms with E-state index in [1.54, 1.807) is 0 Å². The van der Waals surface area contributed by atoms with Crippen molar-refractivity contribution in [2.75, 3.05) is 6.61 Å². The molecule has 1 aromatic carbocycles. The Morgan fingerprint density at radius 3 is 2.43 bits per heavy atom. The highest BCUT2D eigenvalue weighted by Crippen LogP contribution is 2.21. The van der Waals surface area contributed by atoms with Gasteiger partial charge in [-0.1, -0.05) is 63.6 Å². The number of carboxylic acids is 1. The normalized spacial score (nSPS) is 10.5. The zero-order chi connectivity index (χ0) is 15.3. The minimum atomic E-state index is -0.820. The van der Waals surface area contributed by atoms with Gasteiger partial charge >= 0.3 is 5.97 Å². The van der Waals surface area contributed by atoms with Gasteiger partial charge in [0.05, 0.1) is 13.0 Å². The summed E-state index contributed by atoms with van der Waals surface area (Å²) in [6.07, 6.45) is 10.1. The molecular weight excluding hydrogens is 264 g/mol. The van der Waals surface area contributed by atoms with E-state index in [2.05, 4.69) is 13.0 Å². The molecule has 0 saturated carbocycles. The molecule has 0 aliphatic rings. The molecule has 1 N–H and O–H groups in total. The van der Waals surface area contributed by atoms with E-state index >= 15 is 0 Å². The van der Waals surface area contributed by atoms with Gasteiger partial charge in [0.25, 0.3) is 0 Å². The smallest absolute Gasteiger partial charge is 0.306 e. The molecule has 3 nitrogen and oxygen atoms in total. The van der Waals surface area contributed by atoms with Crippen LogP contribution in [0.3, 0.4) is 0 Å². The van der Waals surface area contributed by atoms with Crippen LogP contribution in [0.5, 0.6) is 5.75 Å². The Morgan fingerprint density at radius 2 is 1.71 bits per heavy atom. The quantitative estimate of drug-likeness (QED) is 0.561. The number of aryl methyl sites for hydroxylation is 1. The number of hydrogen-bond acceptors (Lipinski definition) is 2. The highest BCUT2D eigenvalue weighted by atomic mass is 16.5. The Morgan fingerprint density at radius 1 is 1.05 bits per heavy atom. The molecule has 0 radical (unpaired) electrons. The van der Waals surface area contributed by atoms with Gasteiger partial charge in [0.2, 0.25) is 0 Å². The molecule has 3 heteroatoms. The number of para-hydroxylation sites is 1. The second-order valence-electron chi connectivity index (χ2n) is 5.47. The molecule has 0 aromatic heterocycles. The summed E-state index contributed by atoms with van der Waals surface area (Å²) in [5, 5.41) is 8.64. The molecule has 0 heterocycles. The van der Waals surface area contributed by atoms with Gasteiger partial charge in [0, 0.05) is 0 Å². The van der Waals surface area contributed by atoms with Crippen LogP contribution >= 0.6 is 0 Å². The minimum absolute atomic E-state index is 0.0474. The summed E-state index contributed by atoms with van der Waals surface area (Å²) in [5.41, 5.74) is 1.19. The fraction of sp³-hybridized carbons (Fsp3) is 0.611. The largest absolute Gasteiger partial charge is 0.493 e. The maximum Gasteiger partial charge on any atom is 0.306 e. The second kappa shape index (κ2) is 11.2. The van der Waals surface area contributed by atoms with Crippen LogP contribution in [0.1, 0.15) is 63.9 Å². The van der Waals surface area contributed by atoms with Gasteiger partial charge in [0.15, 0.2) is 0 Å². The lowest BCUT2D eigenvalue weighted by Crippen LogP contribution is -2.06. The number of hydrogen-bond donors (Lipinski definition) is 1. The standard InChI is InChI=1S/C18H28O3/c1-2-3-4-5-6-7-8-11-16-12-9-10-13-17(16)21-15-14-18(19)20/h9-10,12-13H,2-8,11,14-15H2,1H3,(H,19,20). The minimum Gasteiger partial charge on any atom is -0.493 e. The summed E-state index contributed by atoms with van der Waals surface area (Å²) < 4.78 is 5.58. The predicted octanol–water partition coefficient (Wildman–Crippen LogP) is 4.83. The molecule has 21 heavy (non-hydrogen) atoms. The fourth-order valence-corrected chi connectivity index (χ4v) is 2.37. The van der Waals surface area contributed by atoms with Crippen LogP contribution < -0.4 is 4.74 Å². The van der Waals surface area contributed by atoms with Gasteiger partial charge in [-0.15, -0.1) is 0 Å². The van der Waals surface area contributed by atoms with Crippen LogP contribution in [-0.4, -0.2) is 17.7 Å². The van der Waals surface area contributed by atoms with Crippen molar-refractivity contribution in [3.05, 3.63) is 29.8 Å². The first-order valence-corrected chi connectivity index (χ1v) is 8.16. The van der Waals surface area contributed by atoms with Crippen molar-refractivity contribution in [1.82, 2.24) is 0 Å². The number of aliphatic carboxylic acids is 1. The molecule has 118 valence electrons. The zero-order valence-electron chi connectivity index (χ0n) is 13.1. The lowest BCUT2D eigenvalue weighted by molar-refractivity contribution is -0.137. The summed E-state index contributed by atoms with van der Waals surface area (Å²) in [6.45, 7) is 2.48. The Bertz CT molecular complexity index is 401. The molecule has 0 bridgehead atoms. The second-order valence-corrected chi connectivity index (χ2v) is 5.47. The predicted molar refractivity (Wildman–Crippen MR) is 85.9 cm³/mol. The molecule has 0 amide bonds. The summed E-state index contributed by atoms with van der Waals surface area (Å²) in [7, 11) is 0. The van der Waals surface area contributed by atoms with Crippen LogP contribution in [0.4, 0.5) is 0 Å². The molecule has 0 aliphatic carbocycles. The third-order valence-electron chi connectivity index (χ3n) is 3.60. The van der Waals surface area contributed by atoms with Crippen molar-refractivity contribution in [3.8, 4) is 5.75 Å². The van der Waals surface area contributed by atoms with Crippen LogP contribution in [0.2, 0.25) is 0 Å². The van der Waals surface area contributed by atoms with E-state index in [1.807, 2.05) is 18.2 Å². The lowest BCUT2D eigenvalue weighted by Gasteiger charge is -2.10. The third kappa shape index (κ3) is 8.38. The summed E-state index contributed by atoms with van der Waals surface area (Å²) in [4.78, 5) is 10.5. The summed E-state index contributed by atoms with van der Waals surface area (Å²) in [5.74, 6) is 0.0179. The molecule has 0 saturated heterocycles. The third-order valence-corrected chi connectivity index (χ3v) is 3.60. The van der Waals surface area contributed by atoms with Gasteiger partial charge in [0.1, 0.15) is 5.75 Å². The van der Waals surface area contributed by atoms with Crippen molar-refractivity contribution in [2.24, 2.45) is 0 Å². The van der Waals surface area contributed by atoms with Crippen LogP contribution in [0.25, 0.3) is 0 Å². The van der Waals surface area contributed by atoms with Crippen LogP contribution in [-0.2, 0) is 11.2 Å². The molecule has 0 aliphatic heterocycles. The molecule has 0 fully saturated rings. The number of benzene rings is 1. The Kier molecular flexibility index (Phi) is 9.34. The molecule has 1 rings (SSSR count). The molecule has 0 unspecified atom stereocenters. The maximum atomic E-state index is 10.5. The first-order chi connectivity index (χ1) is 10.2. The number of carbonyl (C=O) groups is 1. The van der Waals surface area contributed by atoms with E-state index in [1.165, 1.54) is 50.5 Å². The van der Waals surface area contributed by atoms with Crippen LogP contribution in [0.15, 0.2) is 24.3 Å². The fourth-order valence-electron chi connectivity index (χ4n) is 2.37. The monoisotopic (exact) mass is 292 g/mol. The van der Waals surface area contributed by atoms with E-state index in [9.17, 15) is 4.79 Å². The van der Waals surface area contributed by atoms with Crippen molar-refractivity contribution in [1.29, 1.82) is 0 Å². The first-order valence-electron chi connectivity index (χ1n) is 8.16. The number of rotatable bonds is 12. The first kappa shape index (κ1) is 17.5. The molecule has 0 atom stereocenters. The van der Waals surface area contributed by atoms with Crippen molar-refractivity contribution >= 4 is 5.97 Å². The van der Waals surface area contributed by atoms with Gasteiger partial charge in [-0.3, -0.25) is 4.79 Å². The lowest BCUT2D eigenvalue weighted by atomic mass is 10.0. The average Bonchev–Trinajstić information content (AvgIpc) is 2.47. The van der Waals surface area contributed by atoms with E-state index in [0.717, 1.165) is 12.2 Å². The Labute approximate surface area is 128 Å². The van der Waals surface area contributed by atoms with Crippen molar-refractivity contribution in [2.45, 2.75) is 64.7 Å². The summed E-state index contributed by atoms with van der Waals surface area (Å²) in [6, 6.07) is 7.95. The SMILES string of the molecule is CCCCCCCCCc1ccccc1OCCC(=O)O. The van der Waals surface area contributed by atoms with E-state index < -0.39 is 5.97 Å².